The number of hydrogen-bond donors (Lipinski definition) is 2. The van der Waals surface area contributed by atoms with E-state index in [2.05, 4.69) is 19.9 Å². The Labute approximate surface area is 171 Å². The molecule has 0 aliphatic carbocycles. The number of hydrogen-bond acceptors (Lipinski definition) is 5. The number of benzene rings is 2. The first kappa shape index (κ1) is 20.4. The SMILES string of the molecule is Cc1cccc(SC[C@@H](C[C@H]2CSc3ccccc3OC2N)C(C)C)c1O. The predicted octanol–water partition coefficient (Wildman–Crippen LogP) is 5.54. The highest BCUT2D eigenvalue weighted by Crippen LogP contribution is 2.39. The maximum atomic E-state index is 10.3. The molecule has 3 N–H and O–H groups in total. The van der Waals surface area contributed by atoms with Gasteiger partial charge in [-0.05, 0) is 48.9 Å². The van der Waals surface area contributed by atoms with Crippen LogP contribution in [0.5, 0.6) is 11.5 Å². The molecule has 5 heteroatoms. The van der Waals surface area contributed by atoms with Crippen LogP contribution in [0.15, 0.2) is 52.3 Å². The number of rotatable bonds is 6. The van der Waals surface area contributed by atoms with E-state index >= 15 is 0 Å². The molecule has 0 saturated heterocycles. The fourth-order valence-electron chi connectivity index (χ4n) is 3.27. The van der Waals surface area contributed by atoms with Crippen molar-refractivity contribution >= 4 is 23.5 Å². The summed E-state index contributed by atoms with van der Waals surface area (Å²) in [6, 6.07) is 14.1. The van der Waals surface area contributed by atoms with Crippen LogP contribution in [0.2, 0.25) is 0 Å². The molecule has 1 aliphatic heterocycles. The second-order valence-corrected chi connectivity index (χ2v) is 9.70. The summed E-state index contributed by atoms with van der Waals surface area (Å²) in [7, 11) is 0. The van der Waals surface area contributed by atoms with Crippen molar-refractivity contribution in [3.8, 4) is 11.5 Å². The lowest BCUT2D eigenvalue weighted by Crippen LogP contribution is -2.38. The number of aromatic hydroxyl groups is 1. The van der Waals surface area contributed by atoms with Gasteiger partial charge in [-0.1, -0.05) is 38.1 Å². The van der Waals surface area contributed by atoms with Gasteiger partial charge in [-0.15, -0.1) is 23.5 Å². The highest BCUT2D eigenvalue weighted by molar-refractivity contribution is 7.99. The third-order valence-electron chi connectivity index (χ3n) is 5.23. The Morgan fingerprint density at radius 2 is 2.00 bits per heavy atom. The molecule has 1 aliphatic rings. The predicted molar refractivity (Wildman–Crippen MR) is 116 cm³/mol. The number of phenols is 1. The third-order valence-corrected chi connectivity index (χ3v) is 7.71. The summed E-state index contributed by atoms with van der Waals surface area (Å²) in [5.41, 5.74) is 7.34. The van der Waals surface area contributed by atoms with Crippen LogP contribution in [-0.2, 0) is 0 Å². The molecule has 0 radical (unpaired) electrons. The lowest BCUT2D eigenvalue weighted by Gasteiger charge is -2.28. The minimum atomic E-state index is -0.278. The molecule has 0 saturated carbocycles. The van der Waals surface area contributed by atoms with E-state index in [-0.39, 0.29) is 6.23 Å². The maximum absolute atomic E-state index is 10.3. The quantitative estimate of drug-likeness (QED) is 0.620. The van der Waals surface area contributed by atoms with Crippen molar-refractivity contribution in [3.63, 3.8) is 0 Å². The van der Waals surface area contributed by atoms with Gasteiger partial charge in [-0.25, -0.2) is 0 Å². The van der Waals surface area contributed by atoms with Gasteiger partial charge in [0.05, 0.1) is 0 Å². The molecule has 0 amide bonds. The van der Waals surface area contributed by atoms with E-state index in [1.807, 2.05) is 55.1 Å². The zero-order valence-electron chi connectivity index (χ0n) is 16.2. The molecule has 3 atom stereocenters. The standard InChI is InChI=1S/C22H29NO2S2/c1-14(2)16(12-27-20-10-6-7-15(3)21(20)24)11-17-13-26-19-9-5-4-8-18(19)25-22(17)23/h4-10,14,16-17,22,24H,11-13,23H2,1-3H3/t16-,17+,22?/m1/s1. The summed E-state index contributed by atoms with van der Waals surface area (Å²) in [6.07, 6.45) is 0.749. The van der Waals surface area contributed by atoms with E-state index in [1.54, 1.807) is 11.8 Å². The number of para-hydroxylation sites is 2. The Hall–Kier alpha value is -1.30. The molecule has 146 valence electrons. The molecule has 0 aromatic heterocycles. The number of thioether (sulfide) groups is 2. The van der Waals surface area contributed by atoms with Crippen molar-refractivity contribution < 1.29 is 9.84 Å². The number of phenolic OH excluding ortho intramolecular Hbond substituents is 1. The van der Waals surface area contributed by atoms with Crippen molar-refractivity contribution in [1.29, 1.82) is 0 Å². The van der Waals surface area contributed by atoms with E-state index in [0.717, 1.165) is 34.1 Å². The molecule has 2 aromatic rings. The van der Waals surface area contributed by atoms with Gasteiger partial charge in [0.2, 0.25) is 0 Å². The molecule has 1 unspecified atom stereocenters. The average molecular weight is 404 g/mol. The highest BCUT2D eigenvalue weighted by Gasteiger charge is 2.29. The summed E-state index contributed by atoms with van der Waals surface area (Å²) in [6.45, 7) is 6.48. The smallest absolute Gasteiger partial charge is 0.151 e. The number of aryl methyl sites for hydroxylation is 1. The number of ether oxygens (including phenoxy) is 1. The van der Waals surface area contributed by atoms with Gasteiger partial charge < -0.3 is 9.84 Å². The van der Waals surface area contributed by atoms with Gasteiger partial charge >= 0.3 is 0 Å². The maximum Gasteiger partial charge on any atom is 0.151 e. The molecule has 27 heavy (non-hydrogen) atoms. The largest absolute Gasteiger partial charge is 0.507 e. The normalized spacial score (nSPS) is 20.6. The zero-order valence-corrected chi connectivity index (χ0v) is 17.9. The third kappa shape index (κ3) is 5.15. The van der Waals surface area contributed by atoms with Crippen LogP contribution < -0.4 is 10.5 Å². The van der Waals surface area contributed by atoms with Gasteiger partial charge in [0, 0.05) is 27.2 Å². The highest BCUT2D eigenvalue weighted by atomic mass is 32.2. The Kier molecular flexibility index (Phi) is 7.01. The van der Waals surface area contributed by atoms with E-state index in [4.69, 9.17) is 10.5 Å². The summed E-state index contributed by atoms with van der Waals surface area (Å²) in [5.74, 6) is 4.62. The minimum Gasteiger partial charge on any atom is -0.507 e. The van der Waals surface area contributed by atoms with E-state index in [0.29, 0.717) is 23.5 Å². The monoisotopic (exact) mass is 403 g/mol. The molecule has 2 aromatic carbocycles. The summed E-state index contributed by atoms with van der Waals surface area (Å²) >= 11 is 3.58. The molecule has 0 spiro atoms. The number of nitrogens with two attached hydrogens (primary N) is 1. The van der Waals surface area contributed by atoms with Crippen molar-refractivity contribution in [3.05, 3.63) is 48.0 Å². The molecule has 0 fully saturated rings. The van der Waals surface area contributed by atoms with Crippen molar-refractivity contribution in [2.45, 2.75) is 43.2 Å². The van der Waals surface area contributed by atoms with Crippen LogP contribution in [0.3, 0.4) is 0 Å². The van der Waals surface area contributed by atoms with Crippen LogP contribution in [0, 0.1) is 24.7 Å². The van der Waals surface area contributed by atoms with Gasteiger partial charge in [0.15, 0.2) is 6.23 Å². The van der Waals surface area contributed by atoms with Crippen LogP contribution in [0.1, 0.15) is 25.8 Å². The van der Waals surface area contributed by atoms with E-state index in [1.165, 1.54) is 4.90 Å². The van der Waals surface area contributed by atoms with Crippen molar-refractivity contribution in [2.24, 2.45) is 23.5 Å². The Morgan fingerprint density at radius 1 is 1.22 bits per heavy atom. The van der Waals surface area contributed by atoms with Crippen molar-refractivity contribution in [2.75, 3.05) is 11.5 Å². The lowest BCUT2D eigenvalue weighted by atomic mass is 9.87. The van der Waals surface area contributed by atoms with E-state index in [9.17, 15) is 5.11 Å². The summed E-state index contributed by atoms with van der Waals surface area (Å²) in [5, 5.41) is 10.3. The van der Waals surface area contributed by atoms with Gasteiger partial charge in [-0.2, -0.15) is 0 Å². The van der Waals surface area contributed by atoms with Crippen LogP contribution in [0.25, 0.3) is 0 Å². The lowest BCUT2D eigenvalue weighted by molar-refractivity contribution is 0.130. The molecule has 0 bridgehead atoms. The average Bonchev–Trinajstić information content (AvgIpc) is 2.80. The first-order valence-electron chi connectivity index (χ1n) is 9.51. The van der Waals surface area contributed by atoms with Gasteiger partial charge in [0.1, 0.15) is 11.5 Å². The summed E-state index contributed by atoms with van der Waals surface area (Å²) < 4.78 is 6.06. The molecular weight excluding hydrogens is 374 g/mol. The topological polar surface area (TPSA) is 55.5 Å². The molecular formula is C22H29NO2S2. The second kappa shape index (κ2) is 9.26. The fourth-order valence-corrected chi connectivity index (χ4v) is 5.81. The Morgan fingerprint density at radius 3 is 2.78 bits per heavy atom. The first-order chi connectivity index (χ1) is 13.0. The zero-order chi connectivity index (χ0) is 19.4. The van der Waals surface area contributed by atoms with Crippen LogP contribution >= 0.6 is 23.5 Å². The first-order valence-corrected chi connectivity index (χ1v) is 11.5. The second-order valence-electron chi connectivity index (χ2n) is 7.57. The minimum absolute atomic E-state index is 0.278. The summed E-state index contributed by atoms with van der Waals surface area (Å²) in [4.78, 5) is 2.14. The molecule has 1 heterocycles. The number of fused-ring (bicyclic) bond motifs is 1. The fraction of sp³-hybridized carbons (Fsp3) is 0.455. The van der Waals surface area contributed by atoms with Crippen LogP contribution in [-0.4, -0.2) is 22.8 Å². The van der Waals surface area contributed by atoms with E-state index < -0.39 is 0 Å². The van der Waals surface area contributed by atoms with Gasteiger partial charge in [-0.3, -0.25) is 5.73 Å². The molecule has 3 rings (SSSR count). The Bertz CT molecular complexity index is 766. The molecule has 3 nitrogen and oxygen atoms in total. The van der Waals surface area contributed by atoms with Crippen LogP contribution in [0.4, 0.5) is 0 Å². The van der Waals surface area contributed by atoms with Crippen molar-refractivity contribution in [1.82, 2.24) is 0 Å². The Balaban J connectivity index is 1.65. The van der Waals surface area contributed by atoms with Gasteiger partial charge in [0.25, 0.3) is 0 Å².